The Morgan fingerprint density at radius 1 is 0.905 bits per heavy atom. The van der Waals surface area contributed by atoms with Gasteiger partial charge in [-0.25, -0.2) is 0 Å². The van der Waals surface area contributed by atoms with Gasteiger partial charge in [0.25, 0.3) is 0 Å². The molecule has 0 aromatic carbocycles. The number of carbonyl (C=O) groups is 2. The Kier molecular flexibility index (Phi) is 6.03. The molecule has 0 radical (unpaired) electrons. The molecule has 1 saturated carbocycles. The van der Waals surface area contributed by atoms with Crippen LogP contribution >= 0.6 is 0 Å². The van der Waals surface area contributed by atoms with E-state index in [4.69, 9.17) is 0 Å². The first-order valence-electron chi connectivity index (χ1n) is 8.48. The molecule has 1 heterocycles. The second-order valence-corrected chi connectivity index (χ2v) is 6.17. The van der Waals surface area contributed by atoms with E-state index in [1.165, 1.54) is 12.8 Å². The summed E-state index contributed by atoms with van der Waals surface area (Å²) in [6.45, 7) is 7.27. The number of hydrogen-bond donors (Lipinski definition) is 2. The Labute approximate surface area is 127 Å². The highest BCUT2D eigenvalue weighted by Crippen LogP contribution is 2.35. The molecule has 0 spiro atoms. The predicted octanol–water partition coefficient (Wildman–Crippen LogP) is 1.14. The maximum Gasteiger partial charge on any atom is 0.224 e. The summed E-state index contributed by atoms with van der Waals surface area (Å²) in [5, 5.41) is 5.93. The summed E-state index contributed by atoms with van der Waals surface area (Å²) in [6.07, 6.45) is 5.14. The summed E-state index contributed by atoms with van der Waals surface area (Å²) in [6, 6.07) is 0.0827. The molecule has 0 aromatic heterocycles. The van der Waals surface area contributed by atoms with Crippen LogP contribution in [0.15, 0.2) is 0 Å². The van der Waals surface area contributed by atoms with E-state index in [-0.39, 0.29) is 29.7 Å². The van der Waals surface area contributed by atoms with Crippen molar-refractivity contribution in [3.8, 4) is 0 Å². The molecule has 3 atom stereocenters. The van der Waals surface area contributed by atoms with E-state index in [2.05, 4.69) is 15.5 Å². The third-order valence-corrected chi connectivity index (χ3v) is 4.79. The maximum atomic E-state index is 12.4. The van der Waals surface area contributed by atoms with E-state index in [1.54, 1.807) is 0 Å². The first-order valence-corrected chi connectivity index (χ1v) is 8.48. The molecule has 5 heteroatoms. The van der Waals surface area contributed by atoms with Gasteiger partial charge in [-0.05, 0) is 52.6 Å². The molecule has 2 amide bonds. The van der Waals surface area contributed by atoms with E-state index in [9.17, 15) is 9.59 Å². The van der Waals surface area contributed by atoms with Crippen molar-refractivity contribution in [2.75, 3.05) is 26.2 Å². The second-order valence-electron chi connectivity index (χ2n) is 6.17. The van der Waals surface area contributed by atoms with Gasteiger partial charge in [-0.3, -0.25) is 14.5 Å². The molecular formula is C16H29N3O2. The van der Waals surface area contributed by atoms with Gasteiger partial charge in [0.2, 0.25) is 11.8 Å². The maximum absolute atomic E-state index is 12.4. The molecule has 2 fully saturated rings. The van der Waals surface area contributed by atoms with Crippen molar-refractivity contribution in [3.05, 3.63) is 0 Å². The molecular weight excluding hydrogens is 266 g/mol. The molecule has 0 aromatic rings. The molecule has 2 rings (SSSR count). The van der Waals surface area contributed by atoms with Crippen molar-refractivity contribution in [2.45, 2.75) is 52.0 Å². The lowest BCUT2D eigenvalue weighted by Crippen LogP contribution is -2.55. The van der Waals surface area contributed by atoms with Crippen LogP contribution in [0.2, 0.25) is 0 Å². The Hall–Kier alpha value is -1.10. The lowest BCUT2D eigenvalue weighted by Gasteiger charge is -2.42. The van der Waals surface area contributed by atoms with Gasteiger partial charge >= 0.3 is 0 Å². The molecule has 2 aliphatic rings. The van der Waals surface area contributed by atoms with Crippen LogP contribution in [-0.2, 0) is 9.59 Å². The minimum Gasteiger partial charge on any atom is -0.356 e. The summed E-state index contributed by atoms with van der Waals surface area (Å²) in [4.78, 5) is 27.2. The van der Waals surface area contributed by atoms with Crippen LogP contribution < -0.4 is 10.6 Å². The molecule has 2 N–H and O–H groups in total. The monoisotopic (exact) mass is 295 g/mol. The molecule has 1 aliphatic carbocycles. The van der Waals surface area contributed by atoms with Crippen LogP contribution in [0.1, 0.15) is 46.0 Å². The summed E-state index contributed by atoms with van der Waals surface area (Å²) in [7, 11) is 0. The summed E-state index contributed by atoms with van der Waals surface area (Å²) < 4.78 is 0. The van der Waals surface area contributed by atoms with E-state index in [0.29, 0.717) is 13.1 Å². The van der Waals surface area contributed by atoms with Gasteiger partial charge in [0.15, 0.2) is 0 Å². The van der Waals surface area contributed by atoms with Gasteiger partial charge in [-0.2, -0.15) is 0 Å². The van der Waals surface area contributed by atoms with Crippen molar-refractivity contribution in [1.82, 2.24) is 15.5 Å². The van der Waals surface area contributed by atoms with Gasteiger partial charge in [0.1, 0.15) is 0 Å². The third-order valence-electron chi connectivity index (χ3n) is 4.79. The smallest absolute Gasteiger partial charge is 0.224 e. The molecule has 1 aliphatic heterocycles. The highest BCUT2D eigenvalue weighted by atomic mass is 16.2. The highest BCUT2D eigenvalue weighted by Gasteiger charge is 2.44. The number of hydrogen-bond acceptors (Lipinski definition) is 3. The van der Waals surface area contributed by atoms with Gasteiger partial charge in [0, 0.05) is 19.1 Å². The largest absolute Gasteiger partial charge is 0.356 e. The van der Waals surface area contributed by atoms with E-state index in [1.807, 2.05) is 13.8 Å². The number of nitrogens with zero attached hydrogens (tertiary/aromatic N) is 1. The SMILES string of the molecule is CCNC(=O)[C@H]1CCC[C@@H](C(=O)NCC)C1N1CCCC1. The van der Waals surface area contributed by atoms with Crippen molar-refractivity contribution < 1.29 is 9.59 Å². The molecule has 1 unspecified atom stereocenters. The van der Waals surface area contributed by atoms with Crippen molar-refractivity contribution in [1.29, 1.82) is 0 Å². The minimum absolute atomic E-state index is 0.0376. The Bertz CT molecular complexity index is 341. The molecule has 1 saturated heterocycles. The third kappa shape index (κ3) is 3.76. The summed E-state index contributed by atoms with van der Waals surface area (Å²) in [5.74, 6) is 0.181. The fraction of sp³-hybridized carbons (Fsp3) is 0.875. The standard InChI is InChI=1S/C16H29N3O2/c1-3-17-15(20)12-8-7-9-13(16(21)18-4-2)14(12)19-10-5-6-11-19/h12-14H,3-11H2,1-2H3,(H,17,20)(H,18,21)/t12-,13+,14?. The molecule has 5 nitrogen and oxygen atoms in total. The van der Waals surface area contributed by atoms with Crippen LogP contribution in [0.4, 0.5) is 0 Å². The minimum atomic E-state index is -0.0376. The Morgan fingerprint density at radius 2 is 1.38 bits per heavy atom. The number of likely N-dealkylation sites (tertiary alicyclic amines) is 1. The van der Waals surface area contributed by atoms with Crippen LogP contribution in [0, 0.1) is 11.8 Å². The van der Waals surface area contributed by atoms with Gasteiger partial charge in [0.05, 0.1) is 11.8 Å². The topological polar surface area (TPSA) is 61.4 Å². The van der Waals surface area contributed by atoms with Crippen LogP contribution in [0.3, 0.4) is 0 Å². The fourth-order valence-electron chi connectivity index (χ4n) is 3.91. The van der Waals surface area contributed by atoms with Crippen molar-refractivity contribution >= 4 is 11.8 Å². The average Bonchev–Trinajstić information content (AvgIpc) is 3.01. The molecule has 0 bridgehead atoms. The Morgan fingerprint density at radius 3 is 1.81 bits per heavy atom. The van der Waals surface area contributed by atoms with Crippen molar-refractivity contribution in [3.63, 3.8) is 0 Å². The van der Waals surface area contributed by atoms with Gasteiger partial charge in [-0.1, -0.05) is 6.42 Å². The van der Waals surface area contributed by atoms with Crippen LogP contribution in [0.25, 0.3) is 0 Å². The first-order chi connectivity index (χ1) is 10.2. The van der Waals surface area contributed by atoms with Crippen molar-refractivity contribution in [2.24, 2.45) is 11.8 Å². The fourth-order valence-corrected chi connectivity index (χ4v) is 3.91. The Balaban J connectivity index is 2.18. The second kappa shape index (κ2) is 7.78. The van der Waals surface area contributed by atoms with E-state index >= 15 is 0 Å². The predicted molar refractivity (Wildman–Crippen MR) is 82.8 cm³/mol. The van der Waals surface area contributed by atoms with Crippen LogP contribution in [-0.4, -0.2) is 48.9 Å². The first kappa shape index (κ1) is 16.3. The van der Waals surface area contributed by atoms with E-state index < -0.39 is 0 Å². The zero-order chi connectivity index (χ0) is 15.2. The highest BCUT2D eigenvalue weighted by molar-refractivity contribution is 5.83. The number of amides is 2. The lowest BCUT2D eigenvalue weighted by atomic mass is 9.75. The summed E-state index contributed by atoms with van der Waals surface area (Å²) >= 11 is 0. The van der Waals surface area contributed by atoms with E-state index in [0.717, 1.165) is 32.4 Å². The normalized spacial score (nSPS) is 30.1. The summed E-state index contributed by atoms with van der Waals surface area (Å²) in [5.41, 5.74) is 0. The lowest BCUT2D eigenvalue weighted by molar-refractivity contribution is -0.135. The average molecular weight is 295 g/mol. The van der Waals surface area contributed by atoms with Crippen LogP contribution in [0.5, 0.6) is 0 Å². The number of rotatable bonds is 5. The number of nitrogens with one attached hydrogen (secondary N) is 2. The number of carbonyl (C=O) groups excluding carboxylic acids is 2. The quantitative estimate of drug-likeness (QED) is 0.799. The zero-order valence-electron chi connectivity index (χ0n) is 13.4. The molecule has 21 heavy (non-hydrogen) atoms. The van der Waals surface area contributed by atoms with Gasteiger partial charge < -0.3 is 10.6 Å². The van der Waals surface area contributed by atoms with Gasteiger partial charge in [-0.15, -0.1) is 0 Å². The molecule has 120 valence electrons. The zero-order valence-corrected chi connectivity index (χ0v) is 13.4.